The summed E-state index contributed by atoms with van der Waals surface area (Å²) in [5.41, 5.74) is 0.649. The molecule has 1 aliphatic rings. The van der Waals surface area contributed by atoms with E-state index in [9.17, 15) is 9.18 Å². The lowest BCUT2D eigenvalue weighted by Gasteiger charge is -2.28. The SMILES string of the molecule is CCC1CCNC(C(=O)NCCc2ccccc2F)C1. The Morgan fingerprint density at radius 1 is 1.45 bits per heavy atom. The van der Waals surface area contributed by atoms with Crippen molar-refractivity contribution in [3.05, 3.63) is 35.6 Å². The Balaban J connectivity index is 1.76. The molecule has 4 heteroatoms. The van der Waals surface area contributed by atoms with Gasteiger partial charge >= 0.3 is 0 Å². The molecule has 2 rings (SSSR count). The average molecular weight is 278 g/mol. The highest BCUT2D eigenvalue weighted by Gasteiger charge is 2.25. The van der Waals surface area contributed by atoms with Gasteiger partial charge in [-0.05, 0) is 43.4 Å². The van der Waals surface area contributed by atoms with E-state index in [4.69, 9.17) is 0 Å². The monoisotopic (exact) mass is 278 g/mol. The van der Waals surface area contributed by atoms with Gasteiger partial charge in [0.15, 0.2) is 0 Å². The van der Waals surface area contributed by atoms with Crippen LogP contribution in [-0.2, 0) is 11.2 Å². The van der Waals surface area contributed by atoms with E-state index in [0.717, 1.165) is 25.8 Å². The van der Waals surface area contributed by atoms with Crippen LogP contribution in [0.3, 0.4) is 0 Å². The van der Waals surface area contributed by atoms with Gasteiger partial charge in [-0.3, -0.25) is 4.79 Å². The topological polar surface area (TPSA) is 41.1 Å². The quantitative estimate of drug-likeness (QED) is 0.867. The lowest BCUT2D eigenvalue weighted by atomic mass is 9.90. The molecule has 20 heavy (non-hydrogen) atoms. The number of hydrogen-bond acceptors (Lipinski definition) is 2. The van der Waals surface area contributed by atoms with Crippen LogP contribution >= 0.6 is 0 Å². The predicted octanol–water partition coefficient (Wildman–Crippen LogP) is 2.26. The molecule has 1 heterocycles. The van der Waals surface area contributed by atoms with E-state index in [0.29, 0.717) is 24.4 Å². The molecule has 1 amide bonds. The molecule has 1 aromatic carbocycles. The van der Waals surface area contributed by atoms with Gasteiger partial charge in [0.1, 0.15) is 5.82 Å². The summed E-state index contributed by atoms with van der Waals surface area (Å²) in [5.74, 6) is 0.474. The number of piperidine rings is 1. The van der Waals surface area contributed by atoms with Crippen LogP contribution in [0.5, 0.6) is 0 Å². The predicted molar refractivity (Wildman–Crippen MR) is 77.9 cm³/mol. The molecule has 0 saturated carbocycles. The van der Waals surface area contributed by atoms with Crippen LogP contribution in [-0.4, -0.2) is 25.0 Å². The lowest BCUT2D eigenvalue weighted by molar-refractivity contribution is -0.124. The number of carbonyl (C=O) groups is 1. The van der Waals surface area contributed by atoms with Gasteiger partial charge in [-0.1, -0.05) is 31.5 Å². The van der Waals surface area contributed by atoms with E-state index in [1.807, 2.05) is 6.07 Å². The van der Waals surface area contributed by atoms with Gasteiger partial charge in [0.25, 0.3) is 0 Å². The summed E-state index contributed by atoms with van der Waals surface area (Å²) in [5, 5.41) is 6.16. The Morgan fingerprint density at radius 3 is 3.00 bits per heavy atom. The third-order valence-electron chi connectivity index (χ3n) is 4.06. The minimum absolute atomic E-state index is 0.0412. The normalized spacial score (nSPS) is 22.5. The summed E-state index contributed by atoms with van der Waals surface area (Å²) in [6.45, 7) is 3.56. The molecule has 1 saturated heterocycles. The molecular weight excluding hydrogens is 255 g/mol. The lowest BCUT2D eigenvalue weighted by Crippen LogP contribution is -2.49. The summed E-state index contributed by atoms with van der Waals surface area (Å²) in [7, 11) is 0. The molecule has 0 bridgehead atoms. The van der Waals surface area contributed by atoms with Gasteiger partial charge in [-0.25, -0.2) is 4.39 Å². The van der Waals surface area contributed by atoms with E-state index in [1.165, 1.54) is 6.07 Å². The van der Waals surface area contributed by atoms with E-state index < -0.39 is 0 Å². The highest BCUT2D eigenvalue weighted by molar-refractivity contribution is 5.81. The molecule has 110 valence electrons. The second-order valence-corrected chi connectivity index (χ2v) is 5.44. The molecule has 0 radical (unpaired) electrons. The fourth-order valence-electron chi connectivity index (χ4n) is 2.71. The number of amides is 1. The summed E-state index contributed by atoms with van der Waals surface area (Å²) in [4.78, 5) is 12.1. The number of hydrogen-bond donors (Lipinski definition) is 2. The van der Waals surface area contributed by atoms with E-state index in [1.54, 1.807) is 12.1 Å². The van der Waals surface area contributed by atoms with Crippen LogP contribution in [0.15, 0.2) is 24.3 Å². The molecule has 0 aromatic heterocycles. The highest BCUT2D eigenvalue weighted by Crippen LogP contribution is 2.19. The summed E-state index contributed by atoms with van der Waals surface area (Å²) in [6, 6.07) is 6.61. The summed E-state index contributed by atoms with van der Waals surface area (Å²) in [6.07, 6.45) is 3.71. The smallest absolute Gasteiger partial charge is 0.237 e. The van der Waals surface area contributed by atoms with Crippen molar-refractivity contribution in [2.45, 2.75) is 38.6 Å². The van der Waals surface area contributed by atoms with Crippen LogP contribution in [0.2, 0.25) is 0 Å². The van der Waals surface area contributed by atoms with Crippen molar-refractivity contribution >= 4 is 5.91 Å². The molecule has 0 spiro atoms. The Bertz CT molecular complexity index is 450. The van der Waals surface area contributed by atoms with Gasteiger partial charge in [0.05, 0.1) is 6.04 Å². The summed E-state index contributed by atoms with van der Waals surface area (Å²) >= 11 is 0. The molecule has 1 fully saturated rings. The van der Waals surface area contributed by atoms with Gasteiger partial charge in [-0.2, -0.15) is 0 Å². The number of carbonyl (C=O) groups excluding carboxylic acids is 1. The van der Waals surface area contributed by atoms with Gasteiger partial charge in [0, 0.05) is 6.54 Å². The van der Waals surface area contributed by atoms with Gasteiger partial charge < -0.3 is 10.6 Å². The van der Waals surface area contributed by atoms with Crippen LogP contribution < -0.4 is 10.6 Å². The van der Waals surface area contributed by atoms with Crippen molar-refractivity contribution in [3.63, 3.8) is 0 Å². The Labute approximate surface area is 120 Å². The maximum absolute atomic E-state index is 13.4. The van der Waals surface area contributed by atoms with Gasteiger partial charge in [0.2, 0.25) is 5.91 Å². The summed E-state index contributed by atoms with van der Waals surface area (Å²) < 4.78 is 13.4. The van der Waals surface area contributed by atoms with Crippen molar-refractivity contribution in [3.8, 4) is 0 Å². The van der Waals surface area contributed by atoms with Crippen LogP contribution in [0.25, 0.3) is 0 Å². The van der Waals surface area contributed by atoms with E-state index in [-0.39, 0.29) is 17.8 Å². The minimum Gasteiger partial charge on any atom is -0.354 e. The molecule has 3 nitrogen and oxygen atoms in total. The highest BCUT2D eigenvalue weighted by atomic mass is 19.1. The molecular formula is C16H23FN2O. The maximum atomic E-state index is 13.4. The van der Waals surface area contributed by atoms with Gasteiger partial charge in [-0.15, -0.1) is 0 Å². The number of rotatable bonds is 5. The Kier molecular flexibility index (Phi) is 5.53. The fraction of sp³-hybridized carbons (Fsp3) is 0.562. The third kappa shape index (κ3) is 4.04. The zero-order chi connectivity index (χ0) is 14.4. The van der Waals surface area contributed by atoms with Crippen molar-refractivity contribution in [2.75, 3.05) is 13.1 Å². The largest absolute Gasteiger partial charge is 0.354 e. The standard InChI is InChI=1S/C16H23FN2O/c1-2-12-7-9-18-15(11-12)16(20)19-10-8-13-5-3-4-6-14(13)17/h3-6,12,15,18H,2,7-11H2,1H3,(H,19,20). The first-order valence-electron chi connectivity index (χ1n) is 7.45. The second kappa shape index (κ2) is 7.39. The Hall–Kier alpha value is -1.42. The number of halogens is 1. The average Bonchev–Trinajstić information content (AvgIpc) is 2.49. The Morgan fingerprint density at radius 2 is 2.25 bits per heavy atom. The minimum atomic E-state index is -0.205. The zero-order valence-corrected chi connectivity index (χ0v) is 12.0. The molecule has 0 aliphatic carbocycles. The van der Waals surface area contributed by atoms with Crippen LogP contribution in [0.4, 0.5) is 4.39 Å². The zero-order valence-electron chi connectivity index (χ0n) is 12.0. The fourth-order valence-corrected chi connectivity index (χ4v) is 2.71. The number of benzene rings is 1. The molecule has 1 aromatic rings. The first kappa shape index (κ1) is 15.0. The van der Waals surface area contributed by atoms with E-state index >= 15 is 0 Å². The molecule has 2 N–H and O–H groups in total. The van der Waals surface area contributed by atoms with E-state index in [2.05, 4.69) is 17.6 Å². The van der Waals surface area contributed by atoms with Crippen LogP contribution in [0, 0.1) is 11.7 Å². The first-order chi connectivity index (χ1) is 9.70. The third-order valence-corrected chi connectivity index (χ3v) is 4.06. The van der Waals surface area contributed by atoms with Crippen molar-refractivity contribution < 1.29 is 9.18 Å². The van der Waals surface area contributed by atoms with Crippen LogP contribution in [0.1, 0.15) is 31.7 Å². The maximum Gasteiger partial charge on any atom is 0.237 e. The molecule has 2 unspecified atom stereocenters. The van der Waals surface area contributed by atoms with Crippen molar-refractivity contribution in [2.24, 2.45) is 5.92 Å². The van der Waals surface area contributed by atoms with Crippen molar-refractivity contribution in [1.82, 2.24) is 10.6 Å². The first-order valence-corrected chi connectivity index (χ1v) is 7.45. The molecule has 2 atom stereocenters. The molecule has 1 aliphatic heterocycles. The number of nitrogens with one attached hydrogen (secondary N) is 2. The second-order valence-electron chi connectivity index (χ2n) is 5.44. The van der Waals surface area contributed by atoms with Crippen molar-refractivity contribution in [1.29, 1.82) is 0 Å².